The van der Waals surface area contributed by atoms with Crippen LogP contribution < -0.4 is 11.5 Å². The van der Waals surface area contributed by atoms with E-state index in [2.05, 4.69) is 32.3 Å². The van der Waals surface area contributed by atoms with Crippen LogP contribution in [0.1, 0.15) is 4.88 Å². The minimum Gasteiger partial charge on any atom is -0.329 e. The molecule has 4 N–H and O–H groups in total. The summed E-state index contributed by atoms with van der Waals surface area (Å²) in [5.74, 6) is 0. The van der Waals surface area contributed by atoms with Crippen molar-refractivity contribution in [1.82, 2.24) is 4.90 Å². The van der Waals surface area contributed by atoms with E-state index in [9.17, 15) is 0 Å². The SMILES string of the molecule is NCCN(CCN)Cc1cc(Br)cs1. The quantitative estimate of drug-likeness (QED) is 0.823. The zero-order valence-corrected chi connectivity index (χ0v) is 10.5. The van der Waals surface area contributed by atoms with Gasteiger partial charge in [-0.3, -0.25) is 4.90 Å². The summed E-state index contributed by atoms with van der Waals surface area (Å²) in [6, 6.07) is 2.14. The average molecular weight is 278 g/mol. The van der Waals surface area contributed by atoms with Crippen molar-refractivity contribution in [3.05, 3.63) is 20.8 Å². The third-order valence-electron chi connectivity index (χ3n) is 1.89. The Morgan fingerprint density at radius 2 is 1.93 bits per heavy atom. The Labute approximate surface area is 97.2 Å². The molecule has 0 aliphatic heterocycles. The zero-order valence-electron chi connectivity index (χ0n) is 8.08. The van der Waals surface area contributed by atoms with Crippen LogP contribution in [0.25, 0.3) is 0 Å². The molecule has 0 saturated heterocycles. The summed E-state index contributed by atoms with van der Waals surface area (Å²) in [6.45, 7) is 4.14. The van der Waals surface area contributed by atoms with Crippen LogP contribution in [0.4, 0.5) is 0 Å². The lowest BCUT2D eigenvalue weighted by Crippen LogP contribution is -2.33. The first-order valence-corrected chi connectivity index (χ1v) is 6.29. The fourth-order valence-corrected chi connectivity index (χ4v) is 2.78. The molecule has 0 radical (unpaired) electrons. The first-order chi connectivity index (χ1) is 6.76. The van der Waals surface area contributed by atoms with Crippen molar-refractivity contribution in [2.45, 2.75) is 6.54 Å². The molecule has 3 nitrogen and oxygen atoms in total. The van der Waals surface area contributed by atoms with Gasteiger partial charge in [0.15, 0.2) is 0 Å². The number of hydrogen-bond acceptors (Lipinski definition) is 4. The van der Waals surface area contributed by atoms with Crippen molar-refractivity contribution in [1.29, 1.82) is 0 Å². The minimum absolute atomic E-state index is 0.687. The van der Waals surface area contributed by atoms with E-state index >= 15 is 0 Å². The summed E-state index contributed by atoms with van der Waals surface area (Å²) in [6.07, 6.45) is 0. The maximum absolute atomic E-state index is 5.53. The molecule has 0 unspecified atom stereocenters. The number of thiophene rings is 1. The summed E-state index contributed by atoms with van der Waals surface area (Å²) in [5, 5.41) is 2.10. The van der Waals surface area contributed by atoms with Crippen LogP contribution in [0.3, 0.4) is 0 Å². The lowest BCUT2D eigenvalue weighted by Gasteiger charge is -2.19. The molecule has 0 fully saturated rings. The van der Waals surface area contributed by atoms with Crippen LogP contribution in [-0.2, 0) is 6.54 Å². The van der Waals surface area contributed by atoms with Crippen LogP contribution in [-0.4, -0.2) is 31.1 Å². The van der Waals surface area contributed by atoms with Gasteiger partial charge in [-0.2, -0.15) is 0 Å². The molecule has 1 rings (SSSR count). The van der Waals surface area contributed by atoms with Crippen molar-refractivity contribution in [3.63, 3.8) is 0 Å². The van der Waals surface area contributed by atoms with Gasteiger partial charge in [-0.25, -0.2) is 0 Å². The van der Waals surface area contributed by atoms with Crippen LogP contribution in [0, 0.1) is 0 Å². The van der Waals surface area contributed by atoms with Crippen molar-refractivity contribution < 1.29 is 0 Å². The third-order valence-corrected chi connectivity index (χ3v) is 3.57. The maximum atomic E-state index is 5.53. The number of nitrogens with two attached hydrogens (primary N) is 2. The van der Waals surface area contributed by atoms with E-state index in [-0.39, 0.29) is 0 Å². The summed E-state index contributed by atoms with van der Waals surface area (Å²) in [7, 11) is 0. The molecule has 0 aliphatic rings. The summed E-state index contributed by atoms with van der Waals surface area (Å²) < 4.78 is 1.15. The molecule has 0 bridgehead atoms. The van der Waals surface area contributed by atoms with E-state index < -0.39 is 0 Å². The Kier molecular flexibility index (Phi) is 5.66. The Hall–Kier alpha value is 0.0600. The third kappa shape index (κ3) is 4.06. The maximum Gasteiger partial charge on any atom is 0.0329 e. The summed E-state index contributed by atoms with van der Waals surface area (Å²) in [4.78, 5) is 3.62. The minimum atomic E-state index is 0.687. The van der Waals surface area contributed by atoms with Crippen molar-refractivity contribution in [2.75, 3.05) is 26.2 Å². The predicted molar refractivity (Wildman–Crippen MR) is 65.4 cm³/mol. The van der Waals surface area contributed by atoms with Gasteiger partial charge in [0, 0.05) is 47.5 Å². The van der Waals surface area contributed by atoms with Gasteiger partial charge in [-0.05, 0) is 22.0 Å². The number of rotatable bonds is 6. The van der Waals surface area contributed by atoms with Gasteiger partial charge in [-0.15, -0.1) is 11.3 Å². The van der Waals surface area contributed by atoms with Gasteiger partial charge < -0.3 is 11.5 Å². The van der Waals surface area contributed by atoms with Gasteiger partial charge in [0.2, 0.25) is 0 Å². The van der Waals surface area contributed by atoms with Crippen molar-refractivity contribution in [3.8, 4) is 0 Å². The van der Waals surface area contributed by atoms with Crippen molar-refractivity contribution in [2.24, 2.45) is 11.5 Å². The fraction of sp³-hybridized carbons (Fsp3) is 0.556. The normalized spacial score (nSPS) is 11.1. The molecule has 0 aromatic carbocycles. The molecule has 0 saturated carbocycles. The number of hydrogen-bond donors (Lipinski definition) is 2. The van der Waals surface area contributed by atoms with Crippen LogP contribution >= 0.6 is 27.3 Å². The second-order valence-electron chi connectivity index (χ2n) is 3.08. The van der Waals surface area contributed by atoms with Gasteiger partial charge in [0.1, 0.15) is 0 Å². The number of nitrogens with zero attached hydrogens (tertiary/aromatic N) is 1. The molecule has 14 heavy (non-hydrogen) atoms. The van der Waals surface area contributed by atoms with E-state index in [0.717, 1.165) is 24.1 Å². The largest absolute Gasteiger partial charge is 0.329 e. The highest BCUT2D eigenvalue weighted by Crippen LogP contribution is 2.20. The predicted octanol–water partition coefficient (Wildman–Crippen LogP) is 1.23. The average Bonchev–Trinajstić information content (AvgIpc) is 2.52. The van der Waals surface area contributed by atoms with Gasteiger partial charge >= 0.3 is 0 Å². The Balaban J connectivity index is 2.46. The van der Waals surface area contributed by atoms with Crippen LogP contribution in [0.15, 0.2) is 15.9 Å². The van der Waals surface area contributed by atoms with Gasteiger partial charge in [0.25, 0.3) is 0 Å². The molecule has 1 heterocycles. The molecule has 0 atom stereocenters. The van der Waals surface area contributed by atoms with E-state index in [0.29, 0.717) is 13.1 Å². The van der Waals surface area contributed by atoms with Crippen LogP contribution in [0.5, 0.6) is 0 Å². The van der Waals surface area contributed by atoms with Crippen LogP contribution in [0.2, 0.25) is 0 Å². The Bertz CT molecular complexity index is 258. The molecule has 80 valence electrons. The van der Waals surface area contributed by atoms with Gasteiger partial charge in [0.05, 0.1) is 0 Å². The lowest BCUT2D eigenvalue weighted by atomic mass is 10.4. The molecule has 1 aromatic heterocycles. The van der Waals surface area contributed by atoms with Gasteiger partial charge in [-0.1, -0.05) is 0 Å². The molecule has 0 aliphatic carbocycles. The fourth-order valence-electron chi connectivity index (χ4n) is 1.29. The van der Waals surface area contributed by atoms with E-state index in [1.165, 1.54) is 4.88 Å². The monoisotopic (exact) mass is 277 g/mol. The van der Waals surface area contributed by atoms with E-state index in [1.54, 1.807) is 11.3 Å². The highest BCUT2D eigenvalue weighted by molar-refractivity contribution is 9.10. The highest BCUT2D eigenvalue weighted by atomic mass is 79.9. The highest BCUT2D eigenvalue weighted by Gasteiger charge is 2.05. The lowest BCUT2D eigenvalue weighted by molar-refractivity contribution is 0.283. The standard InChI is InChI=1S/C9H16BrN3S/c10-8-5-9(14-7-8)6-13(3-1-11)4-2-12/h5,7H,1-4,6,11-12H2. The van der Waals surface area contributed by atoms with E-state index in [4.69, 9.17) is 11.5 Å². The van der Waals surface area contributed by atoms with E-state index in [1.807, 2.05) is 0 Å². The summed E-state index contributed by atoms with van der Waals surface area (Å²) in [5.41, 5.74) is 11.1. The molecule has 0 amide bonds. The first-order valence-electron chi connectivity index (χ1n) is 4.61. The number of halogens is 1. The smallest absolute Gasteiger partial charge is 0.0329 e. The Morgan fingerprint density at radius 3 is 2.36 bits per heavy atom. The zero-order chi connectivity index (χ0) is 10.4. The molecule has 0 spiro atoms. The second-order valence-corrected chi connectivity index (χ2v) is 5.00. The Morgan fingerprint density at radius 1 is 1.29 bits per heavy atom. The molecular formula is C9H16BrN3S. The molecular weight excluding hydrogens is 262 g/mol. The second kappa shape index (κ2) is 6.53. The van der Waals surface area contributed by atoms with Crippen molar-refractivity contribution >= 4 is 27.3 Å². The topological polar surface area (TPSA) is 55.3 Å². The first kappa shape index (κ1) is 12.1. The molecule has 1 aromatic rings. The molecule has 5 heteroatoms. The summed E-state index contributed by atoms with van der Waals surface area (Å²) >= 11 is 5.20.